The maximum Gasteiger partial charge on any atom is 0.250 e. The Morgan fingerprint density at radius 1 is 1.82 bits per heavy atom. The van der Waals surface area contributed by atoms with Crippen molar-refractivity contribution >= 4 is 28.8 Å². The summed E-state index contributed by atoms with van der Waals surface area (Å²) >= 11 is 7.06. The molecule has 0 spiro atoms. The first-order valence-corrected chi connectivity index (χ1v) is 4.51. The van der Waals surface area contributed by atoms with Crippen LogP contribution in [0.15, 0.2) is 5.38 Å². The van der Waals surface area contributed by atoms with E-state index < -0.39 is 0 Å². The van der Waals surface area contributed by atoms with Gasteiger partial charge in [-0.2, -0.15) is 0 Å². The number of alkyl halides is 1. The van der Waals surface area contributed by atoms with Crippen molar-refractivity contribution in [3.63, 3.8) is 0 Å². The monoisotopic (exact) mass is 189 g/mol. The minimum Gasteiger partial charge on any atom is -0.366 e. The van der Waals surface area contributed by atoms with Crippen molar-refractivity contribution in [3.8, 4) is 0 Å². The van der Waals surface area contributed by atoms with E-state index in [-0.39, 0.29) is 5.91 Å². The molecule has 1 heterocycles. The van der Waals surface area contributed by atoms with E-state index in [1.807, 2.05) is 12.3 Å². The van der Waals surface area contributed by atoms with Crippen LogP contribution in [0.5, 0.6) is 0 Å². The predicted molar refractivity (Wildman–Crippen MR) is 47.1 cm³/mol. The molecule has 0 aliphatic carbocycles. The SMILES string of the molecule is Cc1csc(CCl)c1C(N)=O. The Balaban J connectivity index is 3.17. The predicted octanol–water partition coefficient (Wildman–Crippen LogP) is 1.89. The van der Waals surface area contributed by atoms with Crippen LogP contribution in [0, 0.1) is 6.92 Å². The highest BCUT2D eigenvalue weighted by atomic mass is 35.5. The fraction of sp³-hybridized carbons (Fsp3) is 0.286. The number of amides is 1. The summed E-state index contributed by atoms with van der Waals surface area (Å²) in [6.07, 6.45) is 0. The number of aryl methyl sites for hydroxylation is 1. The van der Waals surface area contributed by atoms with Gasteiger partial charge < -0.3 is 5.73 Å². The largest absolute Gasteiger partial charge is 0.366 e. The number of thiophene rings is 1. The first kappa shape index (κ1) is 8.56. The molecule has 11 heavy (non-hydrogen) atoms. The average molecular weight is 190 g/mol. The number of carbonyl (C=O) groups is 1. The Hall–Kier alpha value is -0.540. The second kappa shape index (κ2) is 3.24. The number of primary amides is 1. The molecule has 0 aromatic carbocycles. The third-order valence-corrected chi connectivity index (χ3v) is 2.95. The minimum absolute atomic E-state index is 0.358. The van der Waals surface area contributed by atoms with Gasteiger partial charge in [0.2, 0.25) is 5.91 Å². The molecule has 4 heteroatoms. The molecule has 0 radical (unpaired) electrons. The number of carbonyl (C=O) groups excluding carboxylic acids is 1. The van der Waals surface area contributed by atoms with Crippen LogP contribution in [-0.4, -0.2) is 5.91 Å². The van der Waals surface area contributed by atoms with Crippen molar-refractivity contribution in [1.29, 1.82) is 0 Å². The van der Waals surface area contributed by atoms with E-state index in [9.17, 15) is 4.79 Å². The normalized spacial score (nSPS) is 10.0. The van der Waals surface area contributed by atoms with Gasteiger partial charge in [-0.15, -0.1) is 22.9 Å². The molecule has 60 valence electrons. The van der Waals surface area contributed by atoms with Gasteiger partial charge in [-0.1, -0.05) is 0 Å². The Bertz CT molecular complexity index is 282. The molecule has 0 aliphatic rings. The summed E-state index contributed by atoms with van der Waals surface area (Å²) in [5.41, 5.74) is 6.65. The lowest BCUT2D eigenvalue weighted by Gasteiger charge is -1.95. The molecule has 1 rings (SSSR count). The van der Waals surface area contributed by atoms with E-state index in [2.05, 4.69) is 0 Å². The molecule has 1 aromatic heterocycles. The van der Waals surface area contributed by atoms with Crippen LogP contribution in [0.2, 0.25) is 0 Å². The van der Waals surface area contributed by atoms with Crippen molar-refractivity contribution in [2.45, 2.75) is 12.8 Å². The summed E-state index contributed by atoms with van der Waals surface area (Å²) in [4.78, 5) is 11.7. The Labute approximate surface area is 74.0 Å². The lowest BCUT2D eigenvalue weighted by atomic mass is 10.2. The van der Waals surface area contributed by atoms with Crippen LogP contribution in [0.4, 0.5) is 0 Å². The zero-order chi connectivity index (χ0) is 8.43. The van der Waals surface area contributed by atoms with Gasteiger partial charge in [-0.3, -0.25) is 4.79 Å². The summed E-state index contributed by atoms with van der Waals surface area (Å²) < 4.78 is 0. The molecule has 1 amide bonds. The third kappa shape index (κ3) is 1.54. The summed E-state index contributed by atoms with van der Waals surface area (Å²) in [6.45, 7) is 1.85. The topological polar surface area (TPSA) is 43.1 Å². The molecule has 1 aromatic rings. The molecular formula is C7H8ClNOS. The molecule has 0 atom stereocenters. The Kier molecular flexibility index (Phi) is 2.52. The highest BCUT2D eigenvalue weighted by Gasteiger charge is 2.12. The zero-order valence-electron chi connectivity index (χ0n) is 6.06. The third-order valence-electron chi connectivity index (χ3n) is 1.42. The summed E-state index contributed by atoms with van der Waals surface area (Å²) in [5, 5.41) is 1.89. The van der Waals surface area contributed by atoms with Crippen molar-refractivity contribution in [2.75, 3.05) is 0 Å². The number of hydrogen-bond donors (Lipinski definition) is 1. The molecule has 0 saturated heterocycles. The lowest BCUT2D eigenvalue weighted by Crippen LogP contribution is -2.12. The average Bonchev–Trinajstić information content (AvgIpc) is 2.30. The summed E-state index contributed by atoms with van der Waals surface area (Å²) in [5.74, 6) is -0.0315. The van der Waals surface area contributed by atoms with E-state index in [1.54, 1.807) is 0 Å². The second-order valence-electron chi connectivity index (χ2n) is 2.21. The van der Waals surface area contributed by atoms with Gasteiger partial charge in [0.15, 0.2) is 0 Å². The van der Waals surface area contributed by atoms with Gasteiger partial charge in [0.1, 0.15) is 0 Å². The quantitative estimate of drug-likeness (QED) is 0.710. The molecule has 2 nitrogen and oxygen atoms in total. The molecule has 0 bridgehead atoms. The van der Waals surface area contributed by atoms with Crippen molar-refractivity contribution in [3.05, 3.63) is 21.4 Å². The first-order valence-electron chi connectivity index (χ1n) is 3.09. The smallest absolute Gasteiger partial charge is 0.250 e. The molecule has 0 saturated carbocycles. The Morgan fingerprint density at radius 2 is 2.45 bits per heavy atom. The van der Waals surface area contributed by atoms with Gasteiger partial charge in [-0.25, -0.2) is 0 Å². The number of nitrogens with two attached hydrogens (primary N) is 1. The van der Waals surface area contributed by atoms with E-state index in [4.69, 9.17) is 17.3 Å². The van der Waals surface area contributed by atoms with Crippen molar-refractivity contribution in [2.24, 2.45) is 5.73 Å². The van der Waals surface area contributed by atoms with E-state index >= 15 is 0 Å². The minimum atomic E-state index is -0.389. The fourth-order valence-corrected chi connectivity index (χ4v) is 2.13. The second-order valence-corrected chi connectivity index (χ2v) is 3.45. The van der Waals surface area contributed by atoms with Crippen LogP contribution in [-0.2, 0) is 5.88 Å². The molecular weight excluding hydrogens is 182 g/mol. The molecule has 2 N–H and O–H groups in total. The van der Waals surface area contributed by atoms with Crippen LogP contribution >= 0.6 is 22.9 Å². The van der Waals surface area contributed by atoms with E-state index in [0.29, 0.717) is 11.4 Å². The number of hydrogen-bond acceptors (Lipinski definition) is 2. The van der Waals surface area contributed by atoms with E-state index in [1.165, 1.54) is 11.3 Å². The molecule has 0 fully saturated rings. The lowest BCUT2D eigenvalue weighted by molar-refractivity contribution is 0.0999. The maximum absolute atomic E-state index is 10.8. The van der Waals surface area contributed by atoms with Gasteiger partial charge in [0, 0.05) is 4.88 Å². The fourth-order valence-electron chi connectivity index (χ4n) is 0.927. The van der Waals surface area contributed by atoms with Gasteiger partial charge in [0.25, 0.3) is 0 Å². The van der Waals surface area contributed by atoms with Crippen molar-refractivity contribution < 1.29 is 4.79 Å². The molecule has 0 aliphatic heterocycles. The number of rotatable bonds is 2. The van der Waals surface area contributed by atoms with Gasteiger partial charge in [-0.05, 0) is 17.9 Å². The van der Waals surface area contributed by atoms with Crippen LogP contribution in [0.1, 0.15) is 20.8 Å². The zero-order valence-corrected chi connectivity index (χ0v) is 7.63. The van der Waals surface area contributed by atoms with Gasteiger partial charge in [0.05, 0.1) is 11.4 Å². The Morgan fingerprint density at radius 3 is 2.82 bits per heavy atom. The van der Waals surface area contributed by atoms with Gasteiger partial charge >= 0.3 is 0 Å². The summed E-state index contributed by atoms with van der Waals surface area (Å²) in [7, 11) is 0. The maximum atomic E-state index is 10.8. The number of halogens is 1. The first-order chi connectivity index (χ1) is 5.16. The highest BCUT2D eigenvalue weighted by molar-refractivity contribution is 7.10. The van der Waals surface area contributed by atoms with E-state index in [0.717, 1.165) is 10.4 Å². The standard InChI is InChI=1S/C7H8ClNOS/c1-4-3-11-5(2-8)6(4)7(9)10/h3H,2H2,1H3,(H2,9,10). The van der Waals surface area contributed by atoms with Crippen LogP contribution in [0.3, 0.4) is 0 Å². The van der Waals surface area contributed by atoms with Crippen LogP contribution < -0.4 is 5.73 Å². The van der Waals surface area contributed by atoms with Crippen LogP contribution in [0.25, 0.3) is 0 Å². The van der Waals surface area contributed by atoms with Crippen molar-refractivity contribution in [1.82, 2.24) is 0 Å². The summed E-state index contributed by atoms with van der Waals surface area (Å²) in [6, 6.07) is 0. The molecule has 0 unspecified atom stereocenters. The highest BCUT2D eigenvalue weighted by Crippen LogP contribution is 2.22.